The summed E-state index contributed by atoms with van der Waals surface area (Å²) >= 11 is 0. The molecule has 1 aromatic heterocycles. The lowest BCUT2D eigenvalue weighted by molar-refractivity contribution is 0.0703. The summed E-state index contributed by atoms with van der Waals surface area (Å²) in [4.78, 5) is 14.5. The van der Waals surface area contributed by atoms with Gasteiger partial charge in [0.05, 0.1) is 0 Å². The van der Waals surface area contributed by atoms with Gasteiger partial charge in [0.2, 0.25) is 0 Å². The second-order valence-electron chi connectivity index (χ2n) is 5.39. The minimum absolute atomic E-state index is 0.0246. The smallest absolute Gasteiger partial charge is 0.289 e. The molecule has 3 heteroatoms. The summed E-state index contributed by atoms with van der Waals surface area (Å²) < 4.78 is 5.47. The van der Waals surface area contributed by atoms with E-state index in [2.05, 4.69) is 12.1 Å². The number of likely N-dealkylation sites (tertiary alicyclic amines) is 1. The van der Waals surface area contributed by atoms with E-state index >= 15 is 0 Å². The van der Waals surface area contributed by atoms with Gasteiger partial charge >= 0.3 is 0 Å². The molecule has 1 aromatic carbocycles. The molecule has 1 aliphatic heterocycles. The van der Waals surface area contributed by atoms with Crippen LogP contribution in [0, 0.1) is 6.92 Å². The largest absolute Gasteiger partial charge is 0.456 e. The van der Waals surface area contributed by atoms with Crippen molar-refractivity contribution in [3.05, 3.63) is 59.5 Å². The molecule has 1 fully saturated rings. The van der Waals surface area contributed by atoms with Gasteiger partial charge in [-0.05, 0) is 43.9 Å². The monoisotopic (exact) mass is 269 g/mol. The first-order chi connectivity index (χ1) is 9.74. The number of carbonyl (C=O) groups is 1. The fourth-order valence-corrected chi connectivity index (χ4v) is 2.89. The van der Waals surface area contributed by atoms with Crippen molar-refractivity contribution >= 4 is 5.91 Å². The van der Waals surface area contributed by atoms with Crippen LogP contribution in [-0.4, -0.2) is 23.4 Å². The van der Waals surface area contributed by atoms with Gasteiger partial charge in [0.15, 0.2) is 5.76 Å². The summed E-state index contributed by atoms with van der Waals surface area (Å²) in [5.74, 6) is 1.27. The average Bonchev–Trinajstić information content (AvgIpc) is 3.08. The molecule has 104 valence electrons. The summed E-state index contributed by atoms with van der Waals surface area (Å²) in [5.41, 5.74) is 1.29. The van der Waals surface area contributed by atoms with Crippen LogP contribution in [0.15, 0.2) is 46.9 Å². The fraction of sp³-hybridized carbons (Fsp3) is 0.353. The van der Waals surface area contributed by atoms with Gasteiger partial charge in [-0.1, -0.05) is 30.3 Å². The highest BCUT2D eigenvalue weighted by Gasteiger charge is 2.30. The molecule has 20 heavy (non-hydrogen) atoms. The molecule has 1 atom stereocenters. The lowest BCUT2D eigenvalue weighted by Gasteiger charge is -2.24. The molecule has 0 N–H and O–H groups in total. The number of amides is 1. The Labute approximate surface area is 119 Å². The van der Waals surface area contributed by atoms with Gasteiger partial charge in [0, 0.05) is 12.6 Å². The van der Waals surface area contributed by atoms with E-state index < -0.39 is 0 Å². The highest BCUT2D eigenvalue weighted by atomic mass is 16.3. The molecule has 3 rings (SSSR count). The number of furan rings is 1. The lowest BCUT2D eigenvalue weighted by atomic mass is 10.0. The van der Waals surface area contributed by atoms with Crippen molar-refractivity contribution in [3.63, 3.8) is 0 Å². The van der Waals surface area contributed by atoms with Crippen molar-refractivity contribution in [1.82, 2.24) is 4.90 Å². The number of benzene rings is 1. The molecule has 0 aliphatic carbocycles. The average molecular weight is 269 g/mol. The number of rotatable bonds is 3. The first-order valence-electron chi connectivity index (χ1n) is 7.15. The number of carbonyl (C=O) groups excluding carboxylic acids is 1. The summed E-state index contributed by atoms with van der Waals surface area (Å²) in [7, 11) is 0. The Morgan fingerprint density at radius 1 is 1.25 bits per heavy atom. The van der Waals surface area contributed by atoms with Crippen LogP contribution < -0.4 is 0 Å². The zero-order chi connectivity index (χ0) is 13.9. The third kappa shape index (κ3) is 2.62. The van der Waals surface area contributed by atoms with Gasteiger partial charge in [-0.15, -0.1) is 0 Å². The second-order valence-corrected chi connectivity index (χ2v) is 5.39. The van der Waals surface area contributed by atoms with Gasteiger partial charge in [0.25, 0.3) is 5.91 Å². The molecule has 2 aromatic rings. The van der Waals surface area contributed by atoms with Crippen molar-refractivity contribution in [2.45, 2.75) is 32.2 Å². The minimum Gasteiger partial charge on any atom is -0.456 e. The molecule has 0 radical (unpaired) electrons. The Hall–Kier alpha value is -2.03. The third-order valence-corrected chi connectivity index (χ3v) is 3.90. The number of nitrogens with zero attached hydrogens (tertiary/aromatic N) is 1. The first kappa shape index (κ1) is 13.0. The number of hydrogen-bond acceptors (Lipinski definition) is 2. The van der Waals surface area contributed by atoms with Gasteiger partial charge in [-0.2, -0.15) is 0 Å². The highest BCUT2D eigenvalue weighted by molar-refractivity contribution is 5.92. The predicted octanol–water partition coefficient (Wildman–Crippen LogP) is 3.44. The van der Waals surface area contributed by atoms with Crippen molar-refractivity contribution in [2.75, 3.05) is 6.54 Å². The van der Waals surface area contributed by atoms with E-state index in [0.717, 1.165) is 31.6 Å². The fourth-order valence-electron chi connectivity index (χ4n) is 2.89. The molecular formula is C17H19NO2. The molecule has 0 spiro atoms. The Morgan fingerprint density at radius 2 is 2.05 bits per heavy atom. The van der Waals surface area contributed by atoms with Crippen LogP contribution in [0.3, 0.4) is 0 Å². The molecular weight excluding hydrogens is 250 g/mol. The van der Waals surface area contributed by atoms with Crippen LogP contribution in [-0.2, 0) is 6.42 Å². The van der Waals surface area contributed by atoms with E-state index in [0.29, 0.717) is 5.76 Å². The van der Waals surface area contributed by atoms with Crippen molar-refractivity contribution in [2.24, 2.45) is 0 Å². The molecule has 1 aliphatic rings. The summed E-state index contributed by atoms with van der Waals surface area (Å²) in [6.07, 6.45) is 3.07. The topological polar surface area (TPSA) is 33.5 Å². The standard InChI is InChI=1S/C17H19NO2/c1-13-9-10-16(20-13)17(19)18-11-5-8-15(18)12-14-6-3-2-4-7-14/h2-4,6-7,9-10,15H,5,8,11-12H2,1H3. The molecule has 0 bridgehead atoms. The van der Waals surface area contributed by atoms with Crippen molar-refractivity contribution in [3.8, 4) is 0 Å². The second kappa shape index (κ2) is 5.53. The van der Waals surface area contributed by atoms with Gasteiger partial charge < -0.3 is 9.32 Å². The van der Waals surface area contributed by atoms with E-state index in [4.69, 9.17) is 4.42 Å². The van der Waals surface area contributed by atoms with E-state index in [1.54, 1.807) is 6.07 Å². The summed E-state index contributed by atoms with van der Waals surface area (Å²) in [6, 6.07) is 14.3. The van der Waals surface area contributed by atoms with Crippen LogP contribution in [0.1, 0.15) is 34.7 Å². The van der Waals surface area contributed by atoms with Crippen molar-refractivity contribution in [1.29, 1.82) is 0 Å². The van der Waals surface area contributed by atoms with Gasteiger partial charge in [0.1, 0.15) is 5.76 Å². The first-order valence-corrected chi connectivity index (χ1v) is 7.15. The van der Waals surface area contributed by atoms with Crippen LogP contribution in [0.2, 0.25) is 0 Å². The van der Waals surface area contributed by atoms with Gasteiger partial charge in [-0.3, -0.25) is 4.79 Å². The Balaban J connectivity index is 1.74. The maximum atomic E-state index is 12.5. The zero-order valence-corrected chi connectivity index (χ0v) is 11.7. The van der Waals surface area contributed by atoms with E-state index in [-0.39, 0.29) is 11.9 Å². The Bertz CT molecular complexity index is 588. The molecule has 1 unspecified atom stereocenters. The Morgan fingerprint density at radius 3 is 2.75 bits per heavy atom. The van der Waals surface area contributed by atoms with Crippen LogP contribution in [0.25, 0.3) is 0 Å². The highest BCUT2D eigenvalue weighted by Crippen LogP contribution is 2.24. The van der Waals surface area contributed by atoms with Gasteiger partial charge in [-0.25, -0.2) is 0 Å². The molecule has 3 nitrogen and oxygen atoms in total. The third-order valence-electron chi connectivity index (χ3n) is 3.90. The quantitative estimate of drug-likeness (QED) is 0.855. The van der Waals surface area contributed by atoms with E-state index in [9.17, 15) is 4.79 Å². The van der Waals surface area contributed by atoms with Crippen LogP contribution >= 0.6 is 0 Å². The van der Waals surface area contributed by atoms with Crippen molar-refractivity contribution < 1.29 is 9.21 Å². The minimum atomic E-state index is 0.0246. The number of hydrogen-bond donors (Lipinski definition) is 0. The maximum Gasteiger partial charge on any atom is 0.289 e. The molecule has 2 heterocycles. The summed E-state index contributed by atoms with van der Waals surface area (Å²) in [5, 5.41) is 0. The van der Waals surface area contributed by atoms with Crippen LogP contribution in [0.5, 0.6) is 0 Å². The number of aryl methyl sites for hydroxylation is 1. The maximum absolute atomic E-state index is 12.5. The molecule has 1 amide bonds. The molecule has 1 saturated heterocycles. The lowest BCUT2D eigenvalue weighted by Crippen LogP contribution is -2.36. The summed E-state index contributed by atoms with van der Waals surface area (Å²) in [6.45, 7) is 2.69. The predicted molar refractivity (Wildman–Crippen MR) is 77.6 cm³/mol. The van der Waals surface area contributed by atoms with E-state index in [1.807, 2.05) is 36.1 Å². The zero-order valence-electron chi connectivity index (χ0n) is 11.7. The SMILES string of the molecule is Cc1ccc(C(=O)N2CCCC2Cc2ccccc2)o1. The van der Waals surface area contributed by atoms with E-state index in [1.165, 1.54) is 5.56 Å². The van der Waals surface area contributed by atoms with Crippen LogP contribution in [0.4, 0.5) is 0 Å². The molecule has 0 saturated carbocycles. The Kier molecular flexibility index (Phi) is 3.59. The normalized spacial score (nSPS) is 18.4.